The third kappa shape index (κ3) is 4.71. The highest BCUT2D eigenvalue weighted by Crippen LogP contribution is 2.33. The number of amides is 1. The average Bonchev–Trinajstić information content (AvgIpc) is 3.25. The molecule has 164 valence electrons. The summed E-state index contributed by atoms with van der Waals surface area (Å²) >= 11 is 1.42. The number of anilines is 1. The molecule has 4 aromatic rings. The highest BCUT2D eigenvalue weighted by molar-refractivity contribution is 7.22. The number of rotatable bonds is 8. The van der Waals surface area contributed by atoms with Crippen LogP contribution in [0.1, 0.15) is 15.9 Å². The molecule has 8 heteroatoms. The molecule has 0 aliphatic carbocycles. The Morgan fingerprint density at radius 1 is 1.09 bits per heavy atom. The van der Waals surface area contributed by atoms with Crippen LogP contribution in [0, 0.1) is 0 Å². The summed E-state index contributed by atoms with van der Waals surface area (Å²) in [5.41, 5.74) is 2.00. The van der Waals surface area contributed by atoms with Gasteiger partial charge in [0.05, 0.1) is 36.0 Å². The molecular formula is C24H23N3O4S. The molecule has 0 bridgehead atoms. The lowest BCUT2D eigenvalue weighted by atomic mass is 10.2. The number of ether oxygens (including phenoxy) is 2. The van der Waals surface area contributed by atoms with Crippen LogP contribution in [0.15, 0.2) is 71.7 Å². The quantitative estimate of drug-likeness (QED) is 0.407. The van der Waals surface area contributed by atoms with Gasteiger partial charge in [0.15, 0.2) is 5.13 Å². The summed E-state index contributed by atoms with van der Waals surface area (Å²) in [4.78, 5) is 32.1. The summed E-state index contributed by atoms with van der Waals surface area (Å²) in [5, 5.41) is 0.580. The van der Waals surface area contributed by atoms with Gasteiger partial charge in [-0.2, -0.15) is 0 Å². The Morgan fingerprint density at radius 2 is 1.91 bits per heavy atom. The van der Waals surface area contributed by atoms with E-state index in [4.69, 9.17) is 14.5 Å². The Morgan fingerprint density at radius 3 is 2.66 bits per heavy atom. The Hall–Kier alpha value is -3.49. The molecule has 4 rings (SSSR count). The zero-order valence-electron chi connectivity index (χ0n) is 17.9. The van der Waals surface area contributed by atoms with Crippen LogP contribution in [0.4, 0.5) is 5.13 Å². The fraction of sp³-hybridized carbons (Fsp3) is 0.208. The SMILES string of the molecule is COCCn1cc(C(=O)N(Cc2ccccc2)c2nc3ccc(OC)cc3s2)ccc1=O. The number of fused-ring (bicyclic) bond motifs is 1. The van der Waals surface area contributed by atoms with Crippen molar-refractivity contribution in [3.8, 4) is 5.75 Å². The predicted molar refractivity (Wildman–Crippen MR) is 126 cm³/mol. The highest BCUT2D eigenvalue weighted by atomic mass is 32.1. The third-order valence-corrected chi connectivity index (χ3v) is 6.05. The van der Waals surface area contributed by atoms with Crippen LogP contribution in [0.3, 0.4) is 0 Å². The van der Waals surface area contributed by atoms with Gasteiger partial charge >= 0.3 is 0 Å². The molecule has 0 unspecified atom stereocenters. The third-order valence-electron chi connectivity index (χ3n) is 5.01. The van der Waals surface area contributed by atoms with E-state index < -0.39 is 0 Å². The van der Waals surface area contributed by atoms with Gasteiger partial charge in [-0.3, -0.25) is 14.5 Å². The average molecular weight is 450 g/mol. The first-order valence-electron chi connectivity index (χ1n) is 10.1. The topological polar surface area (TPSA) is 73.7 Å². The van der Waals surface area contributed by atoms with Crippen molar-refractivity contribution in [2.75, 3.05) is 25.7 Å². The maximum absolute atomic E-state index is 13.6. The van der Waals surface area contributed by atoms with E-state index in [0.29, 0.717) is 30.4 Å². The number of nitrogens with zero attached hydrogens (tertiary/aromatic N) is 3. The Bertz CT molecular complexity index is 1280. The fourth-order valence-corrected chi connectivity index (χ4v) is 4.30. The van der Waals surface area contributed by atoms with E-state index >= 15 is 0 Å². The van der Waals surface area contributed by atoms with E-state index in [0.717, 1.165) is 21.5 Å². The van der Waals surface area contributed by atoms with Crippen molar-refractivity contribution in [1.82, 2.24) is 9.55 Å². The van der Waals surface area contributed by atoms with Crippen LogP contribution < -0.4 is 15.2 Å². The summed E-state index contributed by atoms with van der Waals surface area (Å²) in [6.45, 7) is 1.11. The molecule has 0 saturated carbocycles. The number of carbonyl (C=O) groups is 1. The number of hydrogen-bond acceptors (Lipinski definition) is 6. The molecule has 0 aliphatic rings. The minimum absolute atomic E-state index is 0.180. The van der Waals surface area contributed by atoms with Gasteiger partial charge in [0.1, 0.15) is 5.75 Å². The van der Waals surface area contributed by atoms with E-state index in [1.54, 1.807) is 31.4 Å². The Labute approximate surface area is 189 Å². The first-order chi connectivity index (χ1) is 15.6. The summed E-state index contributed by atoms with van der Waals surface area (Å²) in [6.07, 6.45) is 1.58. The van der Waals surface area contributed by atoms with E-state index in [2.05, 4.69) is 0 Å². The minimum atomic E-state index is -0.231. The summed E-state index contributed by atoms with van der Waals surface area (Å²) in [6, 6.07) is 18.3. The second-order valence-electron chi connectivity index (χ2n) is 7.15. The van der Waals surface area contributed by atoms with Gasteiger partial charge in [-0.1, -0.05) is 41.7 Å². The standard InChI is InChI=1S/C24H23N3O4S/c1-30-13-12-26-16-18(8-11-22(26)28)23(29)27(15-17-6-4-3-5-7-17)24-25-20-10-9-19(31-2)14-21(20)32-24/h3-11,14,16H,12-13,15H2,1-2H3. The molecule has 0 N–H and O–H groups in total. The van der Waals surface area contributed by atoms with E-state index in [1.165, 1.54) is 22.0 Å². The molecule has 0 spiro atoms. The van der Waals surface area contributed by atoms with Gasteiger partial charge in [0, 0.05) is 25.9 Å². The summed E-state index contributed by atoms with van der Waals surface area (Å²) < 4.78 is 12.8. The highest BCUT2D eigenvalue weighted by Gasteiger charge is 2.22. The molecule has 0 atom stereocenters. The maximum Gasteiger partial charge on any atom is 0.261 e. The van der Waals surface area contributed by atoms with Gasteiger partial charge in [0.2, 0.25) is 0 Å². The van der Waals surface area contributed by atoms with Crippen LogP contribution in [0.25, 0.3) is 10.2 Å². The van der Waals surface area contributed by atoms with Crippen molar-refractivity contribution in [3.63, 3.8) is 0 Å². The molecule has 0 aliphatic heterocycles. The number of carbonyl (C=O) groups excluding carboxylic acids is 1. The van der Waals surface area contributed by atoms with Crippen molar-refractivity contribution in [3.05, 3.63) is 88.3 Å². The van der Waals surface area contributed by atoms with Crippen molar-refractivity contribution in [2.24, 2.45) is 0 Å². The number of benzene rings is 2. The van der Waals surface area contributed by atoms with Crippen LogP contribution in [-0.2, 0) is 17.8 Å². The lowest BCUT2D eigenvalue weighted by Gasteiger charge is -2.20. The second-order valence-corrected chi connectivity index (χ2v) is 8.16. The number of methoxy groups -OCH3 is 2. The zero-order chi connectivity index (χ0) is 22.5. The molecular weight excluding hydrogens is 426 g/mol. The van der Waals surface area contributed by atoms with Crippen molar-refractivity contribution in [2.45, 2.75) is 13.1 Å². The molecule has 0 radical (unpaired) electrons. The molecule has 32 heavy (non-hydrogen) atoms. The number of aromatic nitrogens is 2. The molecule has 1 amide bonds. The van der Waals surface area contributed by atoms with Gasteiger partial charge in [-0.15, -0.1) is 0 Å². The Kier molecular flexibility index (Phi) is 6.63. The largest absolute Gasteiger partial charge is 0.497 e. The lowest BCUT2D eigenvalue weighted by Crippen LogP contribution is -2.32. The fourth-order valence-electron chi connectivity index (χ4n) is 3.31. The van der Waals surface area contributed by atoms with Crippen LogP contribution >= 0.6 is 11.3 Å². The van der Waals surface area contributed by atoms with Crippen LogP contribution in [0.5, 0.6) is 5.75 Å². The van der Waals surface area contributed by atoms with Gasteiger partial charge in [0.25, 0.3) is 11.5 Å². The molecule has 2 heterocycles. The number of thiazole rings is 1. The van der Waals surface area contributed by atoms with Crippen molar-refractivity contribution < 1.29 is 14.3 Å². The summed E-state index contributed by atoms with van der Waals surface area (Å²) in [5.74, 6) is 0.505. The molecule has 2 aromatic heterocycles. The number of pyridine rings is 1. The van der Waals surface area contributed by atoms with E-state index in [-0.39, 0.29) is 11.5 Å². The number of hydrogen-bond donors (Lipinski definition) is 0. The molecule has 0 saturated heterocycles. The second kappa shape index (κ2) is 9.76. The van der Waals surface area contributed by atoms with Crippen molar-refractivity contribution in [1.29, 1.82) is 0 Å². The predicted octanol–water partition coefficient (Wildman–Crippen LogP) is 3.96. The normalized spacial score (nSPS) is 10.9. The maximum atomic E-state index is 13.6. The van der Waals surface area contributed by atoms with Crippen LogP contribution in [-0.4, -0.2) is 36.3 Å². The lowest BCUT2D eigenvalue weighted by molar-refractivity contribution is 0.0984. The smallest absolute Gasteiger partial charge is 0.261 e. The minimum Gasteiger partial charge on any atom is -0.497 e. The first-order valence-corrected chi connectivity index (χ1v) is 10.9. The first kappa shape index (κ1) is 21.7. The monoisotopic (exact) mass is 449 g/mol. The molecule has 7 nitrogen and oxygen atoms in total. The van der Waals surface area contributed by atoms with E-state index in [9.17, 15) is 9.59 Å². The Balaban J connectivity index is 1.74. The molecule has 2 aromatic carbocycles. The van der Waals surface area contributed by atoms with Gasteiger partial charge < -0.3 is 14.0 Å². The zero-order valence-corrected chi connectivity index (χ0v) is 18.7. The summed E-state index contributed by atoms with van der Waals surface area (Å²) in [7, 11) is 3.19. The van der Waals surface area contributed by atoms with Crippen molar-refractivity contribution >= 4 is 32.6 Å². The molecule has 0 fully saturated rings. The van der Waals surface area contributed by atoms with E-state index in [1.807, 2.05) is 48.5 Å². The van der Waals surface area contributed by atoms with Gasteiger partial charge in [-0.05, 0) is 29.8 Å². The van der Waals surface area contributed by atoms with Gasteiger partial charge in [-0.25, -0.2) is 4.98 Å². The van der Waals surface area contributed by atoms with Crippen LogP contribution in [0.2, 0.25) is 0 Å².